The minimum atomic E-state index is -1.10. The van der Waals surface area contributed by atoms with Gasteiger partial charge in [-0.2, -0.15) is 0 Å². The Morgan fingerprint density at radius 1 is 1.50 bits per heavy atom. The van der Waals surface area contributed by atoms with Gasteiger partial charge in [0, 0.05) is 0 Å². The number of carboxylic acid groups (broad SMARTS) is 1. The number of nitrogens with one attached hydrogen (secondary N) is 2. The first kappa shape index (κ1) is 12.4. The zero-order chi connectivity index (χ0) is 12.1. The maximum atomic E-state index is 11.3. The average molecular weight is 244 g/mol. The summed E-state index contributed by atoms with van der Waals surface area (Å²) >= 11 is 1.26. The Morgan fingerprint density at radius 2 is 2.19 bits per heavy atom. The van der Waals surface area contributed by atoms with Gasteiger partial charge in [0.25, 0.3) is 0 Å². The van der Waals surface area contributed by atoms with E-state index in [-0.39, 0.29) is 0 Å². The molecule has 0 aliphatic heterocycles. The Morgan fingerprint density at radius 3 is 2.69 bits per heavy atom. The predicted octanol–water partition coefficient (Wildman–Crippen LogP) is 0.695. The van der Waals surface area contributed by atoms with Crippen molar-refractivity contribution in [1.29, 1.82) is 0 Å². The van der Waals surface area contributed by atoms with Crippen LogP contribution >= 0.6 is 11.3 Å². The van der Waals surface area contributed by atoms with Gasteiger partial charge in [0.05, 0.1) is 0 Å². The lowest BCUT2D eigenvalue weighted by Crippen LogP contribution is -2.40. The lowest BCUT2D eigenvalue weighted by atomic mass is 10.3. The molecule has 3 N–H and O–H groups in total. The average Bonchev–Trinajstić information content (AvgIpc) is 2.65. The van der Waals surface area contributed by atoms with Gasteiger partial charge in [-0.25, -0.2) is 4.79 Å². The number of rotatable bonds is 4. The standard InChI is InChI=1S/C8H12N4O3S/c1-3-5-11-12-8(16-5)10-7(15)9-4(2)6(13)14/h4H,3H2,1-2H3,(H,13,14)(H2,9,10,12,15). The molecular weight excluding hydrogens is 232 g/mol. The van der Waals surface area contributed by atoms with Crippen LogP contribution in [-0.2, 0) is 11.2 Å². The molecule has 0 aliphatic rings. The Kier molecular flexibility index (Phi) is 4.18. The molecule has 0 fully saturated rings. The summed E-state index contributed by atoms with van der Waals surface area (Å²) in [5, 5.41) is 21.9. The van der Waals surface area contributed by atoms with Crippen molar-refractivity contribution >= 4 is 28.5 Å². The van der Waals surface area contributed by atoms with Crippen LogP contribution in [0.25, 0.3) is 0 Å². The lowest BCUT2D eigenvalue weighted by molar-refractivity contribution is -0.138. The monoisotopic (exact) mass is 244 g/mol. The first-order valence-corrected chi connectivity index (χ1v) is 5.47. The normalized spacial score (nSPS) is 11.9. The molecule has 88 valence electrons. The molecular formula is C8H12N4O3S. The molecule has 1 aromatic heterocycles. The van der Waals surface area contributed by atoms with Crippen LogP contribution in [0.5, 0.6) is 0 Å². The SMILES string of the molecule is CCc1nnc(NC(=O)NC(C)C(=O)O)s1. The quantitative estimate of drug-likeness (QED) is 0.723. The minimum absolute atomic E-state index is 0.354. The topological polar surface area (TPSA) is 104 Å². The van der Waals surface area contributed by atoms with Crippen LogP contribution in [-0.4, -0.2) is 33.3 Å². The van der Waals surface area contributed by atoms with Crippen molar-refractivity contribution < 1.29 is 14.7 Å². The second-order valence-electron chi connectivity index (χ2n) is 3.01. The highest BCUT2D eigenvalue weighted by molar-refractivity contribution is 7.15. The summed E-state index contributed by atoms with van der Waals surface area (Å²) in [4.78, 5) is 21.7. The number of carbonyl (C=O) groups is 2. The molecule has 0 radical (unpaired) electrons. The molecule has 0 aliphatic carbocycles. The van der Waals surface area contributed by atoms with E-state index in [9.17, 15) is 9.59 Å². The molecule has 1 atom stereocenters. The van der Waals surface area contributed by atoms with Crippen molar-refractivity contribution in [2.45, 2.75) is 26.3 Å². The summed E-state index contributed by atoms with van der Waals surface area (Å²) < 4.78 is 0. The molecule has 1 aromatic rings. The molecule has 16 heavy (non-hydrogen) atoms. The van der Waals surface area contributed by atoms with Crippen molar-refractivity contribution in [2.75, 3.05) is 5.32 Å². The number of aryl methyl sites for hydroxylation is 1. The van der Waals surface area contributed by atoms with E-state index in [1.54, 1.807) is 0 Å². The number of carbonyl (C=O) groups excluding carboxylic acids is 1. The molecule has 0 bridgehead atoms. The molecule has 7 nitrogen and oxygen atoms in total. The van der Waals surface area contributed by atoms with E-state index in [1.165, 1.54) is 18.3 Å². The Labute approximate surface area is 95.9 Å². The molecule has 0 saturated heterocycles. The smallest absolute Gasteiger partial charge is 0.325 e. The van der Waals surface area contributed by atoms with E-state index < -0.39 is 18.0 Å². The Hall–Kier alpha value is -1.70. The van der Waals surface area contributed by atoms with Crippen molar-refractivity contribution in [3.05, 3.63) is 5.01 Å². The predicted molar refractivity (Wildman–Crippen MR) is 58.5 cm³/mol. The third-order valence-electron chi connectivity index (χ3n) is 1.71. The molecule has 1 heterocycles. The fourth-order valence-corrected chi connectivity index (χ4v) is 1.51. The van der Waals surface area contributed by atoms with Gasteiger partial charge in [0.15, 0.2) is 0 Å². The van der Waals surface area contributed by atoms with Crippen LogP contribution < -0.4 is 10.6 Å². The Bertz CT molecular complexity index is 392. The summed E-state index contributed by atoms with van der Waals surface area (Å²) in [7, 11) is 0. The van der Waals surface area contributed by atoms with E-state index in [2.05, 4.69) is 20.8 Å². The van der Waals surface area contributed by atoms with Crippen molar-refractivity contribution in [1.82, 2.24) is 15.5 Å². The minimum Gasteiger partial charge on any atom is -0.480 e. The molecule has 0 spiro atoms. The van der Waals surface area contributed by atoms with Crippen LogP contribution in [0.2, 0.25) is 0 Å². The van der Waals surface area contributed by atoms with Crippen molar-refractivity contribution in [3.63, 3.8) is 0 Å². The molecule has 2 amide bonds. The highest BCUT2D eigenvalue weighted by Crippen LogP contribution is 2.14. The number of hydrogen-bond acceptors (Lipinski definition) is 5. The van der Waals surface area contributed by atoms with Gasteiger partial charge < -0.3 is 10.4 Å². The number of aromatic nitrogens is 2. The third-order valence-corrected chi connectivity index (χ3v) is 2.69. The molecule has 0 aromatic carbocycles. The van der Waals surface area contributed by atoms with E-state index >= 15 is 0 Å². The summed E-state index contributed by atoms with van der Waals surface area (Å²) in [6, 6.07) is -1.55. The van der Waals surface area contributed by atoms with E-state index in [0.717, 1.165) is 11.4 Å². The van der Waals surface area contributed by atoms with Crippen LogP contribution in [0.4, 0.5) is 9.93 Å². The van der Waals surface area contributed by atoms with Gasteiger partial charge in [0.1, 0.15) is 11.0 Å². The highest BCUT2D eigenvalue weighted by Gasteiger charge is 2.14. The zero-order valence-electron chi connectivity index (χ0n) is 8.85. The molecule has 1 rings (SSSR count). The third kappa shape index (κ3) is 3.46. The second kappa shape index (κ2) is 5.40. The van der Waals surface area contributed by atoms with E-state index in [1.807, 2.05) is 6.92 Å². The van der Waals surface area contributed by atoms with Crippen LogP contribution in [0.1, 0.15) is 18.9 Å². The van der Waals surface area contributed by atoms with Crippen LogP contribution in [0, 0.1) is 0 Å². The zero-order valence-corrected chi connectivity index (χ0v) is 9.67. The van der Waals surface area contributed by atoms with Gasteiger partial charge in [-0.15, -0.1) is 10.2 Å². The van der Waals surface area contributed by atoms with Gasteiger partial charge in [-0.05, 0) is 13.3 Å². The number of urea groups is 1. The lowest BCUT2D eigenvalue weighted by Gasteiger charge is -2.08. The van der Waals surface area contributed by atoms with Crippen LogP contribution in [0.15, 0.2) is 0 Å². The second-order valence-corrected chi connectivity index (χ2v) is 4.07. The van der Waals surface area contributed by atoms with Crippen molar-refractivity contribution in [2.24, 2.45) is 0 Å². The molecule has 1 unspecified atom stereocenters. The highest BCUT2D eigenvalue weighted by atomic mass is 32.1. The fraction of sp³-hybridized carbons (Fsp3) is 0.500. The molecule has 8 heteroatoms. The Balaban J connectivity index is 2.48. The van der Waals surface area contributed by atoms with E-state index in [0.29, 0.717) is 5.13 Å². The summed E-state index contributed by atoms with van der Waals surface area (Å²) in [5.74, 6) is -1.10. The molecule has 0 saturated carbocycles. The number of amides is 2. The van der Waals surface area contributed by atoms with Crippen LogP contribution in [0.3, 0.4) is 0 Å². The number of anilines is 1. The number of nitrogens with zero attached hydrogens (tertiary/aromatic N) is 2. The first-order chi connectivity index (χ1) is 7.52. The first-order valence-electron chi connectivity index (χ1n) is 4.65. The largest absolute Gasteiger partial charge is 0.480 e. The summed E-state index contributed by atoms with van der Waals surface area (Å²) in [5.41, 5.74) is 0. The summed E-state index contributed by atoms with van der Waals surface area (Å²) in [6.45, 7) is 3.30. The van der Waals surface area contributed by atoms with Gasteiger partial charge >= 0.3 is 12.0 Å². The fourth-order valence-electron chi connectivity index (χ4n) is 0.839. The van der Waals surface area contributed by atoms with E-state index in [4.69, 9.17) is 5.11 Å². The number of aliphatic carboxylic acids is 1. The van der Waals surface area contributed by atoms with Crippen molar-refractivity contribution in [3.8, 4) is 0 Å². The number of carboxylic acids is 1. The van der Waals surface area contributed by atoms with Gasteiger partial charge in [-0.1, -0.05) is 18.3 Å². The van der Waals surface area contributed by atoms with Gasteiger partial charge in [-0.3, -0.25) is 10.1 Å². The van der Waals surface area contributed by atoms with Gasteiger partial charge in [0.2, 0.25) is 5.13 Å². The maximum Gasteiger partial charge on any atom is 0.325 e. The number of hydrogen-bond donors (Lipinski definition) is 3. The summed E-state index contributed by atoms with van der Waals surface area (Å²) in [6.07, 6.45) is 0.743. The maximum absolute atomic E-state index is 11.3.